The molecule has 0 aromatic heterocycles. The summed E-state index contributed by atoms with van der Waals surface area (Å²) in [4.78, 5) is 39.5. The van der Waals surface area contributed by atoms with E-state index in [4.69, 9.17) is 30.3 Å². The van der Waals surface area contributed by atoms with Gasteiger partial charge in [0.2, 0.25) is 0 Å². The molecular weight excluding hydrogens is 437 g/mol. The molecule has 0 unspecified atom stereocenters. The Morgan fingerprint density at radius 2 is 1.12 bits per heavy atom. The van der Waals surface area contributed by atoms with E-state index >= 15 is 0 Å². The van der Waals surface area contributed by atoms with E-state index < -0.39 is 40.0 Å². The average Bonchev–Trinajstić information content (AvgIpc) is 1.98. The summed E-state index contributed by atoms with van der Waals surface area (Å²) in [5.41, 5.74) is -2.74. The van der Waals surface area contributed by atoms with Crippen LogP contribution in [-0.2, 0) is 14.4 Å². The first kappa shape index (κ1) is 18.1. The van der Waals surface area contributed by atoms with E-state index in [0.29, 0.717) is 25.1 Å². The van der Waals surface area contributed by atoms with Gasteiger partial charge in [0.05, 0.1) is 12.8 Å². The van der Waals surface area contributed by atoms with Gasteiger partial charge in [-0.1, -0.05) is 0 Å². The van der Waals surface area contributed by atoms with Crippen LogP contribution in [0.1, 0.15) is 12.8 Å². The number of aliphatic carboxylic acids is 3. The van der Waals surface area contributed by atoms with E-state index in [1.807, 2.05) is 0 Å². The van der Waals surface area contributed by atoms with Crippen molar-refractivity contribution in [1.29, 1.82) is 0 Å². The Balaban J connectivity index is 0. The van der Waals surface area contributed by atoms with E-state index in [9.17, 15) is 14.4 Å². The summed E-state index contributed by atoms with van der Waals surface area (Å²) < 4.78 is -0.722. The second-order valence-electron chi connectivity index (χ2n) is 2.76. The molecule has 0 amide bonds. The summed E-state index contributed by atoms with van der Waals surface area (Å²) in [6, 6.07) is 0. The standard InChI is InChI=1S/C6H8O7.CHO2.Po.H/c7-3(8)1-6(13,5(11)12)2-4(9)10;2-1-3;;/h13H,1-2H2,(H,7,8)(H,9,10)(H,11,12);(H,2,3);;. The van der Waals surface area contributed by atoms with Crippen LogP contribution in [0.15, 0.2) is 0 Å². The van der Waals surface area contributed by atoms with Crippen LogP contribution in [0.4, 0.5) is 4.79 Å². The zero-order valence-corrected chi connectivity index (χ0v) is 11.7. The first-order valence-corrected chi connectivity index (χ1v) is 5.56. The second kappa shape index (κ2) is 7.92. The van der Waals surface area contributed by atoms with E-state index in [2.05, 4.69) is 0 Å². The molecular formula is C7H10O9Po. The van der Waals surface area contributed by atoms with Gasteiger partial charge in [0, 0.05) is 0 Å². The van der Waals surface area contributed by atoms with Crippen LogP contribution < -0.4 is 0 Å². The van der Waals surface area contributed by atoms with Crippen LogP contribution in [0.25, 0.3) is 0 Å². The van der Waals surface area contributed by atoms with Crippen LogP contribution in [0, 0.1) is 0 Å². The molecule has 0 aromatic rings. The van der Waals surface area contributed by atoms with Gasteiger partial charge < -0.3 is 20.4 Å². The minimum atomic E-state index is -2.74. The van der Waals surface area contributed by atoms with Crippen molar-refractivity contribution in [2.45, 2.75) is 18.4 Å². The fourth-order valence-corrected chi connectivity index (χ4v) is 0.714. The fraction of sp³-hybridized carbons (Fsp3) is 0.429. The SMILES string of the molecule is O=C(O)CC(O)(CC(=O)O)C(=O)O.O=[C](O)[PoH]. The molecule has 0 spiro atoms. The molecule has 0 bridgehead atoms. The summed E-state index contributed by atoms with van der Waals surface area (Å²) >= 11 is 0.429. The van der Waals surface area contributed by atoms with Gasteiger partial charge in [0.15, 0.2) is 5.60 Å². The molecule has 0 radical (unpaired) electrons. The van der Waals surface area contributed by atoms with Crippen LogP contribution >= 0.6 is 0 Å². The molecule has 0 aliphatic carbocycles. The van der Waals surface area contributed by atoms with Crippen molar-refractivity contribution < 1.29 is 44.7 Å². The first-order valence-electron chi connectivity index (χ1n) is 3.82. The normalized spacial score (nSPS) is 9.76. The molecule has 0 aromatic carbocycles. The Labute approximate surface area is 110 Å². The molecule has 10 heteroatoms. The van der Waals surface area contributed by atoms with Gasteiger partial charge in [0.25, 0.3) is 0 Å². The van der Waals surface area contributed by atoms with Crippen LogP contribution in [-0.4, -0.2) is 77.7 Å². The van der Waals surface area contributed by atoms with E-state index in [1.165, 1.54) is 0 Å². The molecule has 0 aliphatic rings. The summed E-state index contributed by atoms with van der Waals surface area (Å²) in [6.45, 7) is 0. The van der Waals surface area contributed by atoms with E-state index in [0.717, 1.165) is 0 Å². The molecule has 17 heavy (non-hydrogen) atoms. The number of hydrogen-bond donors (Lipinski definition) is 5. The maximum absolute atomic E-state index is 10.3. The molecule has 0 rings (SSSR count). The molecule has 0 atom stereocenters. The number of carbonyl (C=O) groups is 4. The molecule has 0 fully saturated rings. The molecule has 9 nitrogen and oxygen atoms in total. The van der Waals surface area contributed by atoms with Gasteiger partial charge >= 0.3 is 56.5 Å². The van der Waals surface area contributed by atoms with Gasteiger partial charge in [-0.3, -0.25) is 9.59 Å². The van der Waals surface area contributed by atoms with Crippen LogP contribution in [0.2, 0.25) is 0 Å². The Hall–Kier alpha value is -1.26. The Morgan fingerprint density at radius 3 is 1.24 bits per heavy atom. The van der Waals surface area contributed by atoms with Crippen molar-refractivity contribution in [3.05, 3.63) is 0 Å². The molecule has 5 N–H and O–H groups in total. The van der Waals surface area contributed by atoms with Crippen molar-refractivity contribution in [2.24, 2.45) is 0 Å². The molecule has 0 heterocycles. The number of carboxylic acid groups (broad SMARTS) is 4. The maximum atomic E-state index is 10.3. The Bertz CT molecular complexity index is 303. The average molecular weight is 447 g/mol. The summed E-state index contributed by atoms with van der Waals surface area (Å²) in [5, 5.41) is 41.3. The van der Waals surface area contributed by atoms with Gasteiger partial charge in [-0.05, 0) is 0 Å². The Morgan fingerprint density at radius 1 is 0.882 bits per heavy atom. The van der Waals surface area contributed by atoms with Crippen molar-refractivity contribution in [3.63, 3.8) is 0 Å². The predicted molar refractivity (Wildman–Crippen MR) is 52.3 cm³/mol. The molecule has 0 saturated carbocycles. The zero-order chi connectivity index (χ0) is 14.2. The van der Waals surface area contributed by atoms with Gasteiger partial charge in [-0.2, -0.15) is 0 Å². The van der Waals surface area contributed by atoms with Crippen molar-refractivity contribution in [3.8, 4) is 0 Å². The van der Waals surface area contributed by atoms with Gasteiger partial charge in [-0.25, -0.2) is 4.79 Å². The minimum absolute atomic E-state index is 0.429. The number of carboxylic acids is 3. The molecule has 0 saturated heterocycles. The zero-order valence-electron chi connectivity index (χ0n) is 8.23. The first-order chi connectivity index (χ1) is 7.51. The van der Waals surface area contributed by atoms with Crippen molar-refractivity contribution >= 4 is 46.6 Å². The molecule has 98 valence electrons. The third kappa shape index (κ3) is 11.0. The number of rotatable bonds is 5. The van der Waals surface area contributed by atoms with Crippen molar-refractivity contribution in [1.82, 2.24) is 0 Å². The third-order valence-corrected chi connectivity index (χ3v) is 1.29. The third-order valence-electron chi connectivity index (χ3n) is 1.29. The van der Waals surface area contributed by atoms with Crippen LogP contribution in [0.5, 0.6) is 0 Å². The fourth-order valence-electron chi connectivity index (χ4n) is 0.714. The second-order valence-corrected chi connectivity index (χ2v) is 4.25. The van der Waals surface area contributed by atoms with Crippen molar-refractivity contribution in [2.75, 3.05) is 0 Å². The summed E-state index contributed by atoms with van der Waals surface area (Å²) in [5.74, 6) is -5.02. The van der Waals surface area contributed by atoms with E-state index in [-0.39, 0.29) is 0 Å². The number of aliphatic hydroxyl groups is 1. The van der Waals surface area contributed by atoms with E-state index in [1.54, 1.807) is 0 Å². The quantitative estimate of drug-likeness (QED) is 0.330. The number of hydrogen-bond acceptors (Lipinski definition) is 5. The summed E-state index contributed by atoms with van der Waals surface area (Å²) in [6.07, 6.45) is -2.29. The summed E-state index contributed by atoms with van der Waals surface area (Å²) in [7, 11) is 0. The van der Waals surface area contributed by atoms with Gasteiger partial charge in [0.1, 0.15) is 0 Å². The monoisotopic (exact) mass is 447 g/mol. The predicted octanol–water partition coefficient (Wildman–Crippen LogP) is -1.68. The van der Waals surface area contributed by atoms with Crippen LogP contribution in [0.3, 0.4) is 0 Å². The van der Waals surface area contributed by atoms with Gasteiger partial charge in [-0.15, -0.1) is 0 Å². The molecule has 0 aliphatic heterocycles. The topological polar surface area (TPSA) is 169 Å². The Kier molecular flexibility index (Phi) is 8.44.